The molecule has 0 aliphatic heterocycles. The van der Waals surface area contributed by atoms with Crippen molar-refractivity contribution >= 4 is 46.8 Å². The van der Waals surface area contributed by atoms with Gasteiger partial charge < -0.3 is 0 Å². The van der Waals surface area contributed by atoms with Gasteiger partial charge in [-0.2, -0.15) is 0 Å². The molecule has 0 aromatic carbocycles. The fourth-order valence-electron chi connectivity index (χ4n) is 2.00. The quantitative estimate of drug-likeness (QED) is 0.547. The Hall–Kier alpha value is 0.270. The van der Waals surface area contributed by atoms with Gasteiger partial charge in [-0.1, -0.05) is 45.2 Å². The molecule has 1 unspecified atom stereocenters. The summed E-state index contributed by atoms with van der Waals surface area (Å²) in [4.78, 5) is 2.93. The van der Waals surface area contributed by atoms with Crippen LogP contribution in [0.5, 0.6) is 0 Å². The minimum absolute atomic E-state index is 0.0797. The first-order valence-corrected chi connectivity index (χ1v) is 6.02. The molecule has 1 rings (SSSR count). The van der Waals surface area contributed by atoms with Crippen molar-refractivity contribution in [1.82, 2.24) is 0 Å². The molecule has 0 fully saturated rings. The zero-order valence-electron chi connectivity index (χ0n) is 9.05. The molecule has 0 heterocycles. The summed E-state index contributed by atoms with van der Waals surface area (Å²) in [6, 6.07) is 0. The highest BCUT2D eigenvalue weighted by molar-refractivity contribution is 7.86. The predicted octanol–water partition coefficient (Wildman–Crippen LogP) is 4.00. The summed E-state index contributed by atoms with van der Waals surface area (Å²) in [5, 5.41) is 0. The minimum atomic E-state index is 0.0797. The van der Waals surface area contributed by atoms with Crippen LogP contribution in [0.25, 0.3) is 0 Å². The molecule has 1 aliphatic rings. The average Bonchev–Trinajstić information content (AvgIpc) is 2.00. The lowest BCUT2D eigenvalue weighted by atomic mass is 9.72. The van der Waals surface area contributed by atoms with Gasteiger partial charge in [0.15, 0.2) is 0 Å². The van der Waals surface area contributed by atoms with E-state index in [1.54, 1.807) is 0 Å². The summed E-state index contributed by atoms with van der Waals surface area (Å²) in [6.07, 6.45) is 1.07. The van der Waals surface area contributed by atoms with Crippen LogP contribution >= 0.6 is 37.1 Å². The topological polar surface area (TPSA) is 0 Å². The second-order valence-electron chi connectivity index (χ2n) is 4.63. The molecule has 0 spiro atoms. The third-order valence-electron chi connectivity index (χ3n) is 2.73. The molecule has 78 valence electrons. The molecule has 0 radical (unpaired) electrons. The number of thiocarbonyl (C=S) groups is 2. The van der Waals surface area contributed by atoms with Crippen LogP contribution in [0.15, 0.2) is 10.5 Å². The molecule has 0 saturated carbocycles. The lowest BCUT2D eigenvalue weighted by molar-refractivity contribution is 0.410. The highest BCUT2D eigenvalue weighted by Gasteiger charge is 2.35. The maximum absolute atomic E-state index is 5.48. The summed E-state index contributed by atoms with van der Waals surface area (Å²) in [5.41, 5.74) is 1.12. The molecule has 1 atom stereocenters. The van der Waals surface area contributed by atoms with Crippen LogP contribution in [0.4, 0.5) is 0 Å². The van der Waals surface area contributed by atoms with Crippen molar-refractivity contribution in [3.63, 3.8) is 0 Å². The van der Waals surface area contributed by atoms with Crippen LogP contribution in [0, 0.1) is 11.3 Å². The Morgan fingerprint density at radius 2 is 2.00 bits per heavy atom. The van der Waals surface area contributed by atoms with Crippen LogP contribution in [-0.4, -0.2) is 9.73 Å². The number of allylic oxidation sites excluding steroid dienone is 2. The van der Waals surface area contributed by atoms with Gasteiger partial charge >= 0.3 is 0 Å². The lowest BCUT2D eigenvalue weighted by Crippen LogP contribution is -2.33. The maximum atomic E-state index is 5.48. The Labute approximate surface area is 103 Å². The minimum Gasteiger partial charge on any atom is -0.147 e. The molecule has 0 amide bonds. The average molecular weight is 244 g/mol. The van der Waals surface area contributed by atoms with E-state index in [9.17, 15) is 0 Å². The molecule has 0 aromatic heterocycles. The normalized spacial score (nSPS) is 26.6. The lowest BCUT2D eigenvalue weighted by Gasteiger charge is -2.36. The third kappa shape index (κ3) is 2.10. The first-order valence-electron chi connectivity index (χ1n) is 4.76. The van der Waals surface area contributed by atoms with Gasteiger partial charge in [-0.15, -0.1) is 12.6 Å². The van der Waals surface area contributed by atoms with Crippen molar-refractivity contribution in [3.8, 4) is 0 Å². The summed E-state index contributed by atoms with van der Waals surface area (Å²) in [6.45, 7) is 8.49. The Kier molecular flexibility index (Phi) is 3.55. The molecule has 0 nitrogen and oxygen atoms in total. The van der Waals surface area contributed by atoms with E-state index in [0.29, 0.717) is 5.92 Å². The molecule has 0 bridgehead atoms. The van der Waals surface area contributed by atoms with Gasteiger partial charge in [-0.25, -0.2) is 0 Å². The highest BCUT2D eigenvalue weighted by Crippen LogP contribution is 2.41. The first-order chi connectivity index (χ1) is 6.27. The zero-order valence-corrected chi connectivity index (χ0v) is 11.6. The summed E-state index contributed by atoms with van der Waals surface area (Å²) < 4.78 is 0. The van der Waals surface area contributed by atoms with Gasteiger partial charge in [0.2, 0.25) is 0 Å². The van der Waals surface area contributed by atoms with Crippen molar-refractivity contribution in [2.24, 2.45) is 11.3 Å². The molecule has 0 aromatic rings. The van der Waals surface area contributed by atoms with E-state index in [4.69, 9.17) is 24.4 Å². The summed E-state index contributed by atoms with van der Waals surface area (Å²) >= 11 is 15.2. The van der Waals surface area contributed by atoms with E-state index in [2.05, 4.69) is 33.4 Å². The second-order valence-corrected chi connectivity index (χ2v) is 6.14. The Bertz CT molecular complexity index is 323. The van der Waals surface area contributed by atoms with Gasteiger partial charge in [0.05, 0.1) is 0 Å². The largest absolute Gasteiger partial charge is 0.147 e. The third-order valence-corrected chi connectivity index (χ3v) is 4.36. The number of rotatable bonds is 1. The van der Waals surface area contributed by atoms with Crippen molar-refractivity contribution in [3.05, 3.63) is 10.5 Å². The van der Waals surface area contributed by atoms with Crippen molar-refractivity contribution in [2.45, 2.75) is 34.1 Å². The van der Waals surface area contributed by atoms with Crippen LogP contribution in [0.2, 0.25) is 0 Å². The van der Waals surface area contributed by atoms with Crippen molar-refractivity contribution in [2.75, 3.05) is 0 Å². The van der Waals surface area contributed by atoms with Crippen molar-refractivity contribution in [1.29, 1.82) is 0 Å². The molecule has 0 N–H and O–H groups in total. The second kappa shape index (κ2) is 4.03. The zero-order chi connectivity index (χ0) is 11.1. The molecular formula is C11H16S3. The van der Waals surface area contributed by atoms with E-state index < -0.39 is 0 Å². The molecule has 1 aliphatic carbocycles. The standard InChI is InChI=1S/C11H16S3/c1-6-5-11(3,4)10(14)8(7(2)12)9(6)13/h6,13H,5H2,1-4H3. The van der Waals surface area contributed by atoms with Gasteiger partial charge in [0, 0.05) is 20.7 Å². The van der Waals surface area contributed by atoms with E-state index in [1.165, 1.54) is 0 Å². The maximum Gasteiger partial charge on any atom is 0.0300 e. The van der Waals surface area contributed by atoms with Crippen molar-refractivity contribution < 1.29 is 0 Å². The van der Waals surface area contributed by atoms with E-state index >= 15 is 0 Å². The molecule has 0 saturated heterocycles. The SMILES string of the molecule is CC(=S)C1=C(S)C(C)CC(C)(C)C1=S. The Balaban J connectivity index is 3.27. The summed E-state index contributed by atoms with van der Waals surface area (Å²) in [5.74, 6) is 0.466. The number of hydrogen-bond acceptors (Lipinski definition) is 3. The van der Waals surface area contributed by atoms with Gasteiger partial charge in [0.25, 0.3) is 0 Å². The Morgan fingerprint density at radius 1 is 1.50 bits per heavy atom. The Morgan fingerprint density at radius 3 is 2.43 bits per heavy atom. The van der Waals surface area contributed by atoms with Crippen LogP contribution < -0.4 is 0 Å². The van der Waals surface area contributed by atoms with Crippen LogP contribution in [-0.2, 0) is 0 Å². The smallest absolute Gasteiger partial charge is 0.0300 e. The highest BCUT2D eigenvalue weighted by atomic mass is 32.1. The van der Waals surface area contributed by atoms with Crippen LogP contribution in [0.3, 0.4) is 0 Å². The first kappa shape index (κ1) is 12.3. The van der Waals surface area contributed by atoms with E-state index in [0.717, 1.165) is 26.6 Å². The van der Waals surface area contributed by atoms with E-state index in [-0.39, 0.29) is 5.41 Å². The van der Waals surface area contributed by atoms with Crippen LogP contribution in [0.1, 0.15) is 34.1 Å². The molecule has 14 heavy (non-hydrogen) atoms. The van der Waals surface area contributed by atoms with E-state index in [1.807, 2.05) is 6.92 Å². The monoisotopic (exact) mass is 244 g/mol. The van der Waals surface area contributed by atoms with Gasteiger partial charge in [-0.3, -0.25) is 0 Å². The summed E-state index contributed by atoms with van der Waals surface area (Å²) in [7, 11) is 0. The molecular weight excluding hydrogens is 228 g/mol. The van der Waals surface area contributed by atoms with Gasteiger partial charge in [0.1, 0.15) is 0 Å². The van der Waals surface area contributed by atoms with Gasteiger partial charge in [-0.05, 0) is 24.2 Å². The fourth-order valence-corrected chi connectivity index (χ4v) is 3.14. The molecule has 3 heteroatoms. The predicted molar refractivity (Wildman–Crippen MR) is 74.4 cm³/mol. The number of hydrogen-bond donors (Lipinski definition) is 1. The fraction of sp³-hybridized carbons (Fsp3) is 0.636. The number of thiol groups is 1.